The van der Waals surface area contributed by atoms with Crippen molar-refractivity contribution in [2.24, 2.45) is 0 Å². The molecule has 1 heterocycles. The van der Waals surface area contributed by atoms with E-state index in [1.54, 1.807) is 0 Å². The molecule has 2 aromatic rings. The van der Waals surface area contributed by atoms with Gasteiger partial charge in [-0.1, -0.05) is 44.2 Å². The molecule has 1 N–H and O–H groups in total. The molecular formula is C23H31N3O4. The van der Waals surface area contributed by atoms with Gasteiger partial charge in [-0.05, 0) is 57.1 Å². The molecule has 30 heavy (non-hydrogen) atoms. The second-order valence-electron chi connectivity index (χ2n) is 9.00. The molecule has 0 aliphatic heterocycles. The minimum Gasteiger partial charge on any atom is -0.445 e. The average Bonchev–Trinajstić information content (AvgIpc) is 3.05. The van der Waals surface area contributed by atoms with Crippen LogP contribution in [0.1, 0.15) is 69.5 Å². The first-order chi connectivity index (χ1) is 14.1. The summed E-state index contributed by atoms with van der Waals surface area (Å²) in [4.78, 5) is 24.9. The van der Waals surface area contributed by atoms with Gasteiger partial charge in [-0.3, -0.25) is 0 Å². The molecule has 0 fully saturated rings. The Balaban J connectivity index is 1.68. The number of carbonyl (C=O) groups is 2. The smallest absolute Gasteiger partial charge is 0.435 e. The zero-order valence-corrected chi connectivity index (χ0v) is 18.4. The van der Waals surface area contributed by atoms with Crippen LogP contribution in [0.15, 0.2) is 30.3 Å². The zero-order chi connectivity index (χ0) is 21.9. The highest BCUT2D eigenvalue weighted by atomic mass is 16.6. The van der Waals surface area contributed by atoms with Crippen LogP contribution in [0.5, 0.6) is 0 Å². The van der Waals surface area contributed by atoms with Crippen LogP contribution < -0.4 is 5.32 Å². The summed E-state index contributed by atoms with van der Waals surface area (Å²) in [6.07, 6.45) is 1.15. The minimum atomic E-state index is -0.593. The molecule has 0 spiro atoms. The van der Waals surface area contributed by atoms with Crippen LogP contribution in [-0.4, -0.2) is 33.6 Å². The average molecular weight is 414 g/mol. The number of nitrogens with one attached hydrogen (secondary N) is 1. The summed E-state index contributed by atoms with van der Waals surface area (Å²) in [5.41, 5.74) is 3.13. The Bertz CT molecular complexity index is 897. The van der Waals surface area contributed by atoms with Crippen LogP contribution in [0.2, 0.25) is 0 Å². The maximum absolute atomic E-state index is 12.7. The van der Waals surface area contributed by atoms with Gasteiger partial charge in [0.05, 0.1) is 11.4 Å². The number of alkyl carbamates (subject to hydrolysis) is 1. The summed E-state index contributed by atoms with van der Waals surface area (Å²) in [6, 6.07) is 9.52. The second kappa shape index (κ2) is 8.90. The van der Waals surface area contributed by atoms with Crippen molar-refractivity contribution in [3.05, 3.63) is 52.8 Å². The Morgan fingerprint density at radius 1 is 1.23 bits per heavy atom. The fourth-order valence-electron chi connectivity index (χ4n) is 3.69. The number of amides is 1. The van der Waals surface area contributed by atoms with Gasteiger partial charge in [0.15, 0.2) is 0 Å². The predicted molar refractivity (Wildman–Crippen MR) is 114 cm³/mol. The van der Waals surface area contributed by atoms with Crippen LogP contribution in [0.4, 0.5) is 9.59 Å². The molecule has 1 aromatic heterocycles. The number of hydrogen-bond donors (Lipinski definition) is 1. The molecule has 7 heteroatoms. The number of rotatable bonds is 4. The van der Waals surface area contributed by atoms with Crippen LogP contribution in [0.25, 0.3) is 0 Å². The molecule has 7 nitrogen and oxygen atoms in total. The van der Waals surface area contributed by atoms with E-state index in [4.69, 9.17) is 9.47 Å². The van der Waals surface area contributed by atoms with Gasteiger partial charge in [0.25, 0.3) is 0 Å². The Kier molecular flexibility index (Phi) is 6.48. The lowest BCUT2D eigenvalue weighted by molar-refractivity contribution is 0.0507. The third-order valence-corrected chi connectivity index (χ3v) is 4.93. The van der Waals surface area contributed by atoms with Crippen molar-refractivity contribution in [2.45, 2.75) is 78.0 Å². The number of aryl methyl sites for hydroxylation is 1. The maximum atomic E-state index is 12.7. The molecule has 3 rings (SSSR count). The molecule has 0 saturated carbocycles. The summed E-state index contributed by atoms with van der Waals surface area (Å²) in [5, 5.41) is 7.50. The highest BCUT2D eigenvalue weighted by molar-refractivity contribution is 5.72. The quantitative estimate of drug-likeness (QED) is 0.794. The van der Waals surface area contributed by atoms with E-state index < -0.39 is 17.8 Å². The number of carbonyl (C=O) groups excluding carboxylic acids is 2. The minimum absolute atomic E-state index is 0.0606. The molecule has 1 aliphatic rings. The van der Waals surface area contributed by atoms with E-state index in [2.05, 4.69) is 10.4 Å². The van der Waals surface area contributed by atoms with Crippen molar-refractivity contribution < 1.29 is 19.1 Å². The number of nitrogens with zero attached hydrogens (tertiary/aromatic N) is 2. The first kappa shape index (κ1) is 21.9. The van der Waals surface area contributed by atoms with Gasteiger partial charge in [-0.2, -0.15) is 9.78 Å². The lowest BCUT2D eigenvalue weighted by Crippen LogP contribution is -2.39. The van der Waals surface area contributed by atoms with E-state index in [0.29, 0.717) is 12.8 Å². The maximum Gasteiger partial charge on any atom is 0.435 e. The van der Waals surface area contributed by atoms with Gasteiger partial charge in [-0.25, -0.2) is 9.59 Å². The first-order valence-corrected chi connectivity index (χ1v) is 10.5. The van der Waals surface area contributed by atoms with Crippen molar-refractivity contribution >= 4 is 12.2 Å². The lowest BCUT2D eigenvalue weighted by Gasteiger charge is -2.24. The fraction of sp³-hybridized carbons (Fsp3) is 0.522. The summed E-state index contributed by atoms with van der Waals surface area (Å²) >= 11 is 0. The van der Waals surface area contributed by atoms with Crippen molar-refractivity contribution in [3.63, 3.8) is 0 Å². The van der Waals surface area contributed by atoms with Crippen molar-refractivity contribution in [1.82, 2.24) is 15.1 Å². The lowest BCUT2D eigenvalue weighted by atomic mass is 9.89. The molecular weight excluding hydrogens is 382 g/mol. The second-order valence-corrected chi connectivity index (χ2v) is 9.00. The van der Waals surface area contributed by atoms with E-state index in [-0.39, 0.29) is 18.6 Å². The SMILES string of the molecule is CC(C)c1c2c(nn1C(=O)OC(C)(C)C)CCC(NC(=O)OCc1ccccc1)C2. The topological polar surface area (TPSA) is 82.5 Å². The molecule has 1 atom stereocenters. The number of fused-ring (bicyclic) bond motifs is 1. The van der Waals surface area contributed by atoms with Crippen LogP contribution in [-0.2, 0) is 28.9 Å². The van der Waals surface area contributed by atoms with E-state index in [1.165, 1.54) is 4.68 Å². The van der Waals surface area contributed by atoms with Gasteiger partial charge < -0.3 is 14.8 Å². The highest BCUT2D eigenvalue weighted by Gasteiger charge is 2.31. The predicted octanol–water partition coefficient (Wildman–Crippen LogP) is 4.57. The van der Waals surface area contributed by atoms with Gasteiger partial charge in [0.1, 0.15) is 12.2 Å². The third kappa shape index (κ3) is 5.40. The zero-order valence-electron chi connectivity index (χ0n) is 18.4. The molecule has 0 radical (unpaired) electrons. The van der Waals surface area contributed by atoms with Crippen LogP contribution in [0, 0.1) is 0 Å². The molecule has 1 amide bonds. The summed E-state index contributed by atoms with van der Waals surface area (Å²) < 4.78 is 12.3. The van der Waals surface area contributed by atoms with Crippen molar-refractivity contribution in [1.29, 1.82) is 0 Å². The van der Waals surface area contributed by atoms with Gasteiger partial charge in [0.2, 0.25) is 0 Å². The fourth-order valence-corrected chi connectivity index (χ4v) is 3.69. The third-order valence-electron chi connectivity index (χ3n) is 4.93. The molecule has 1 aliphatic carbocycles. The summed E-state index contributed by atoms with van der Waals surface area (Å²) in [6.45, 7) is 9.81. The standard InChI is InChI=1S/C23H31N3O4/c1-15(2)20-18-13-17(24-21(27)29-14-16-9-7-6-8-10-16)11-12-19(18)25-26(20)22(28)30-23(3,4)5/h6-10,15,17H,11-14H2,1-5H3,(H,24,27). The van der Waals surface area contributed by atoms with Crippen molar-refractivity contribution in [2.75, 3.05) is 0 Å². The van der Waals surface area contributed by atoms with Gasteiger partial charge in [-0.15, -0.1) is 0 Å². The van der Waals surface area contributed by atoms with Crippen LogP contribution in [0.3, 0.4) is 0 Å². The van der Waals surface area contributed by atoms with Gasteiger partial charge in [0, 0.05) is 6.04 Å². The number of aromatic nitrogens is 2. The van der Waals surface area contributed by atoms with E-state index in [9.17, 15) is 9.59 Å². The Labute approximate surface area is 177 Å². The molecule has 162 valence electrons. The molecule has 1 aromatic carbocycles. The van der Waals surface area contributed by atoms with E-state index in [0.717, 1.165) is 28.9 Å². The number of ether oxygens (including phenoxy) is 2. The Morgan fingerprint density at radius 3 is 2.57 bits per heavy atom. The molecule has 0 saturated heterocycles. The van der Waals surface area contributed by atoms with Crippen molar-refractivity contribution in [3.8, 4) is 0 Å². The molecule has 0 bridgehead atoms. The van der Waals surface area contributed by atoms with Gasteiger partial charge >= 0.3 is 12.2 Å². The largest absolute Gasteiger partial charge is 0.445 e. The van der Waals surface area contributed by atoms with E-state index >= 15 is 0 Å². The number of benzene rings is 1. The summed E-state index contributed by atoms with van der Waals surface area (Å²) in [7, 11) is 0. The monoisotopic (exact) mass is 413 g/mol. The Morgan fingerprint density at radius 2 is 1.93 bits per heavy atom. The Hall–Kier alpha value is -2.83. The highest BCUT2D eigenvalue weighted by Crippen LogP contribution is 2.30. The summed E-state index contributed by atoms with van der Waals surface area (Å²) in [5.74, 6) is 0.0950. The molecule has 1 unspecified atom stereocenters. The van der Waals surface area contributed by atoms with E-state index in [1.807, 2.05) is 65.0 Å². The van der Waals surface area contributed by atoms with Crippen LogP contribution >= 0.6 is 0 Å². The number of hydrogen-bond acceptors (Lipinski definition) is 5. The normalized spacial score (nSPS) is 16.1. The first-order valence-electron chi connectivity index (χ1n) is 10.5.